The van der Waals surface area contributed by atoms with Crippen molar-refractivity contribution in [3.8, 4) is 0 Å². The van der Waals surface area contributed by atoms with Crippen molar-refractivity contribution in [2.75, 3.05) is 14.1 Å². The molecule has 0 aliphatic carbocycles. The molecule has 0 saturated carbocycles. The normalized spacial score (nSPS) is 9.96. The minimum absolute atomic E-state index is 0.0527. The maximum absolute atomic E-state index is 12.6. The zero-order valence-corrected chi connectivity index (χ0v) is 17.5. The average molecular weight is 392 g/mol. The molecule has 0 saturated heterocycles. The standard InChI is InChI=1S/C8H8F2.C7H8.C6H10N2O.CH5N/c1-2-6-7(9)4-3-5-8(6)10;1-7-5-3-2-4-6-7;1-4-6(5(2)9)8-7-3;1-2/h3-5H,2H2,1H3;2-6H,1H3;4H,1-3H3;2H2,1H3/b;;6-4-,8-7?;. The van der Waals surface area contributed by atoms with Gasteiger partial charge in [0.05, 0.1) is 0 Å². The van der Waals surface area contributed by atoms with E-state index in [4.69, 9.17) is 0 Å². The first-order valence-corrected chi connectivity index (χ1v) is 8.86. The first-order valence-electron chi connectivity index (χ1n) is 8.86. The van der Waals surface area contributed by atoms with E-state index in [9.17, 15) is 13.6 Å². The van der Waals surface area contributed by atoms with Crippen molar-refractivity contribution in [2.45, 2.75) is 34.1 Å². The van der Waals surface area contributed by atoms with Crippen LogP contribution in [0.4, 0.5) is 8.78 Å². The maximum atomic E-state index is 12.6. The van der Waals surface area contributed by atoms with E-state index in [1.807, 2.05) is 18.2 Å². The van der Waals surface area contributed by atoms with E-state index in [1.165, 1.54) is 44.8 Å². The van der Waals surface area contributed by atoms with E-state index in [0.717, 1.165) is 0 Å². The Bertz CT molecular complexity index is 710. The Balaban J connectivity index is 0. The fraction of sp³-hybridized carbons (Fsp3) is 0.318. The molecule has 0 bridgehead atoms. The predicted octanol–water partition coefficient (Wildman–Crippen LogP) is 5.66. The largest absolute Gasteiger partial charge is 0.333 e. The van der Waals surface area contributed by atoms with Gasteiger partial charge in [-0.15, -0.1) is 0 Å². The molecule has 2 N–H and O–H groups in total. The Hall–Kier alpha value is -2.73. The summed E-state index contributed by atoms with van der Waals surface area (Å²) < 4.78 is 25.2. The van der Waals surface area contributed by atoms with E-state index >= 15 is 0 Å². The molecule has 0 atom stereocenters. The number of benzene rings is 2. The van der Waals surface area contributed by atoms with Crippen LogP contribution in [0.3, 0.4) is 0 Å². The summed E-state index contributed by atoms with van der Waals surface area (Å²) in [7, 11) is 3.03. The van der Waals surface area contributed by atoms with Crippen LogP contribution in [0.1, 0.15) is 31.9 Å². The van der Waals surface area contributed by atoms with Crippen molar-refractivity contribution in [1.29, 1.82) is 0 Å². The molecule has 4 nitrogen and oxygen atoms in total. The molecule has 0 aromatic heterocycles. The molecule has 0 spiro atoms. The van der Waals surface area contributed by atoms with E-state index in [2.05, 4.69) is 35.0 Å². The number of hydrogen-bond donors (Lipinski definition) is 1. The minimum atomic E-state index is -0.456. The number of carbonyl (C=O) groups excluding carboxylic acids is 1. The first kappa shape index (κ1) is 27.5. The van der Waals surface area contributed by atoms with E-state index in [-0.39, 0.29) is 11.3 Å². The van der Waals surface area contributed by atoms with Gasteiger partial charge in [0.1, 0.15) is 17.3 Å². The second kappa shape index (κ2) is 17.7. The number of hydrogen-bond acceptors (Lipinski definition) is 4. The molecule has 28 heavy (non-hydrogen) atoms. The van der Waals surface area contributed by atoms with Crippen molar-refractivity contribution in [1.82, 2.24) is 0 Å². The number of carbonyl (C=O) groups is 1. The van der Waals surface area contributed by atoms with Gasteiger partial charge in [0, 0.05) is 19.5 Å². The smallest absolute Gasteiger partial charge is 0.179 e. The molecule has 2 rings (SSSR count). The van der Waals surface area contributed by atoms with Gasteiger partial charge in [0.2, 0.25) is 0 Å². The summed E-state index contributed by atoms with van der Waals surface area (Å²) in [6.45, 7) is 7.02. The summed E-state index contributed by atoms with van der Waals surface area (Å²) in [4.78, 5) is 10.5. The van der Waals surface area contributed by atoms with Crippen LogP contribution in [0.2, 0.25) is 0 Å². The van der Waals surface area contributed by atoms with E-state index in [1.54, 1.807) is 19.9 Å². The fourth-order valence-electron chi connectivity index (χ4n) is 1.84. The highest BCUT2D eigenvalue weighted by atomic mass is 19.1. The zero-order valence-electron chi connectivity index (χ0n) is 17.5. The Kier molecular flexibility index (Phi) is 17.3. The molecule has 6 heteroatoms. The SMILES string of the molecule is C/C=C(\N=NC)C(C)=O.CCc1c(F)cccc1F.CN.Cc1ccccc1. The monoisotopic (exact) mass is 391 g/mol. The topological polar surface area (TPSA) is 67.8 Å². The molecule has 0 amide bonds. The molecule has 0 radical (unpaired) electrons. The lowest BCUT2D eigenvalue weighted by atomic mass is 10.1. The molecule has 154 valence electrons. The Morgan fingerprint density at radius 1 is 1.04 bits per heavy atom. The quantitative estimate of drug-likeness (QED) is 0.542. The summed E-state index contributed by atoms with van der Waals surface area (Å²) in [6, 6.07) is 14.2. The van der Waals surface area contributed by atoms with Crippen molar-refractivity contribution < 1.29 is 13.6 Å². The van der Waals surface area contributed by atoms with Gasteiger partial charge >= 0.3 is 0 Å². The van der Waals surface area contributed by atoms with Crippen LogP contribution in [0.5, 0.6) is 0 Å². The lowest BCUT2D eigenvalue weighted by molar-refractivity contribution is -0.113. The van der Waals surface area contributed by atoms with Gasteiger partial charge in [-0.2, -0.15) is 10.2 Å². The summed E-state index contributed by atoms with van der Waals surface area (Å²) in [5, 5.41) is 7.04. The summed E-state index contributed by atoms with van der Waals surface area (Å²) >= 11 is 0. The van der Waals surface area contributed by atoms with Crippen molar-refractivity contribution in [3.05, 3.63) is 83.1 Å². The highest BCUT2D eigenvalue weighted by molar-refractivity contribution is 5.92. The van der Waals surface area contributed by atoms with Gasteiger partial charge < -0.3 is 5.73 Å². The highest BCUT2D eigenvalue weighted by Crippen LogP contribution is 2.11. The summed E-state index contributed by atoms with van der Waals surface area (Å²) in [6.07, 6.45) is 2.04. The molecule has 2 aromatic carbocycles. The van der Waals surface area contributed by atoms with Crippen molar-refractivity contribution >= 4 is 5.78 Å². The van der Waals surface area contributed by atoms with Gasteiger partial charge in [-0.3, -0.25) is 4.79 Å². The van der Waals surface area contributed by atoms with Crippen molar-refractivity contribution in [3.63, 3.8) is 0 Å². The highest BCUT2D eigenvalue weighted by Gasteiger charge is 2.03. The number of allylic oxidation sites excluding steroid dienone is 2. The van der Waals surface area contributed by atoms with Gasteiger partial charge in [0.15, 0.2) is 5.78 Å². The Morgan fingerprint density at radius 3 is 1.75 bits per heavy atom. The molecular weight excluding hydrogens is 360 g/mol. The lowest BCUT2D eigenvalue weighted by Gasteiger charge is -1.98. The van der Waals surface area contributed by atoms with Crippen LogP contribution >= 0.6 is 0 Å². The molecule has 0 heterocycles. The van der Waals surface area contributed by atoms with E-state index in [0.29, 0.717) is 12.1 Å². The van der Waals surface area contributed by atoms with E-state index < -0.39 is 11.6 Å². The number of Topliss-reactive ketones (excluding diaryl/α,β-unsaturated/α-hetero) is 1. The molecule has 0 aliphatic heterocycles. The van der Waals surface area contributed by atoms with Gasteiger partial charge in [0.25, 0.3) is 0 Å². The van der Waals surface area contributed by atoms with Crippen LogP contribution in [-0.4, -0.2) is 19.9 Å². The van der Waals surface area contributed by atoms with Crippen LogP contribution in [0, 0.1) is 18.6 Å². The number of nitrogens with zero attached hydrogens (tertiary/aromatic N) is 2. The second-order valence-corrected chi connectivity index (χ2v) is 5.24. The Morgan fingerprint density at radius 2 is 1.54 bits per heavy atom. The van der Waals surface area contributed by atoms with Gasteiger partial charge in [-0.25, -0.2) is 8.78 Å². The molecular formula is C22H31F2N3O. The molecule has 0 fully saturated rings. The predicted molar refractivity (Wildman–Crippen MR) is 112 cm³/mol. The first-order chi connectivity index (χ1) is 13.4. The molecule has 0 aliphatic rings. The third kappa shape index (κ3) is 12.6. The number of nitrogens with two attached hydrogens (primary N) is 1. The van der Waals surface area contributed by atoms with Crippen LogP contribution in [0.25, 0.3) is 0 Å². The Labute approximate surface area is 167 Å². The van der Waals surface area contributed by atoms with Gasteiger partial charge in [-0.1, -0.05) is 55.0 Å². The van der Waals surface area contributed by atoms with Crippen LogP contribution in [-0.2, 0) is 11.2 Å². The second-order valence-electron chi connectivity index (χ2n) is 5.24. The molecule has 0 unspecified atom stereocenters. The van der Waals surface area contributed by atoms with Crippen LogP contribution in [0.15, 0.2) is 70.5 Å². The van der Waals surface area contributed by atoms with Crippen LogP contribution < -0.4 is 5.73 Å². The van der Waals surface area contributed by atoms with Crippen molar-refractivity contribution in [2.24, 2.45) is 16.0 Å². The third-order valence-electron chi connectivity index (χ3n) is 3.20. The minimum Gasteiger partial charge on any atom is -0.333 e. The third-order valence-corrected chi connectivity index (χ3v) is 3.20. The number of azo groups is 1. The average Bonchev–Trinajstić information content (AvgIpc) is 2.69. The number of halogens is 2. The number of rotatable bonds is 3. The zero-order chi connectivity index (χ0) is 21.9. The lowest BCUT2D eigenvalue weighted by Crippen LogP contribution is -1.91. The van der Waals surface area contributed by atoms with Gasteiger partial charge in [-0.05, 0) is 39.4 Å². The fourth-order valence-corrected chi connectivity index (χ4v) is 1.84. The number of ketones is 1. The summed E-state index contributed by atoms with van der Waals surface area (Å²) in [5.74, 6) is -0.965. The summed E-state index contributed by atoms with van der Waals surface area (Å²) in [5.41, 5.74) is 6.41. The maximum Gasteiger partial charge on any atom is 0.179 e. The molecule has 2 aromatic rings. The number of aryl methyl sites for hydroxylation is 1.